The molecule has 0 saturated heterocycles. The number of hydrogen-bond acceptors (Lipinski definition) is 4. The maximum Gasteiger partial charge on any atom is 0.315 e. The molecule has 0 aliphatic carbocycles. The van der Waals surface area contributed by atoms with E-state index in [-0.39, 0.29) is 18.9 Å². The van der Waals surface area contributed by atoms with Gasteiger partial charge in [0.25, 0.3) is 0 Å². The SMILES string of the molecule is CC(=O)CC(=O)OCNC=O. The Labute approximate surface area is 63.7 Å². The molecule has 0 fully saturated rings. The Balaban J connectivity index is 3.37. The molecule has 0 rings (SSSR count). The summed E-state index contributed by atoms with van der Waals surface area (Å²) >= 11 is 0. The van der Waals surface area contributed by atoms with E-state index >= 15 is 0 Å². The maximum atomic E-state index is 10.5. The minimum Gasteiger partial charge on any atom is -0.444 e. The lowest BCUT2D eigenvalue weighted by atomic mass is 10.3. The van der Waals surface area contributed by atoms with Gasteiger partial charge in [0.15, 0.2) is 6.73 Å². The fourth-order valence-corrected chi connectivity index (χ4v) is 0.410. The number of amides is 1. The molecule has 11 heavy (non-hydrogen) atoms. The number of nitrogens with one attached hydrogen (secondary N) is 1. The predicted octanol–water partition coefficient (Wildman–Crippen LogP) is -0.788. The lowest BCUT2D eigenvalue weighted by Crippen LogP contribution is -2.20. The van der Waals surface area contributed by atoms with Gasteiger partial charge in [-0.2, -0.15) is 0 Å². The van der Waals surface area contributed by atoms with Crippen LogP contribution in [-0.4, -0.2) is 24.9 Å². The monoisotopic (exact) mass is 159 g/mol. The molecule has 0 spiro atoms. The molecular weight excluding hydrogens is 150 g/mol. The van der Waals surface area contributed by atoms with E-state index in [2.05, 4.69) is 10.1 Å². The van der Waals surface area contributed by atoms with Crippen molar-refractivity contribution >= 4 is 18.2 Å². The Morgan fingerprint density at radius 2 is 2.18 bits per heavy atom. The second-order valence-corrected chi connectivity index (χ2v) is 1.86. The van der Waals surface area contributed by atoms with E-state index in [1.807, 2.05) is 0 Å². The number of esters is 1. The van der Waals surface area contributed by atoms with Crippen LogP contribution in [0.4, 0.5) is 0 Å². The van der Waals surface area contributed by atoms with Crippen molar-refractivity contribution in [2.24, 2.45) is 0 Å². The van der Waals surface area contributed by atoms with Crippen molar-refractivity contribution in [3.63, 3.8) is 0 Å². The van der Waals surface area contributed by atoms with Gasteiger partial charge < -0.3 is 10.1 Å². The van der Waals surface area contributed by atoms with Crippen LogP contribution in [0, 0.1) is 0 Å². The Morgan fingerprint density at radius 1 is 1.55 bits per heavy atom. The molecule has 0 heterocycles. The van der Waals surface area contributed by atoms with Crippen molar-refractivity contribution in [1.29, 1.82) is 0 Å². The van der Waals surface area contributed by atoms with E-state index in [1.54, 1.807) is 0 Å². The van der Waals surface area contributed by atoms with Crippen molar-refractivity contribution in [3.8, 4) is 0 Å². The average molecular weight is 159 g/mol. The minimum atomic E-state index is -0.633. The van der Waals surface area contributed by atoms with Gasteiger partial charge in [-0.3, -0.25) is 14.4 Å². The summed E-state index contributed by atoms with van der Waals surface area (Å²) in [4.78, 5) is 30.5. The zero-order chi connectivity index (χ0) is 8.69. The van der Waals surface area contributed by atoms with E-state index in [4.69, 9.17) is 0 Å². The van der Waals surface area contributed by atoms with E-state index in [0.29, 0.717) is 6.41 Å². The van der Waals surface area contributed by atoms with Gasteiger partial charge in [-0.1, -0.05) is 0 Å². The molecule has 5 nitrogen and oxygen atoms in total. The first kappa shape index (κ1) is 9.61. The lowest BCUT2D eigenvalue weighted by Gasteiger charge is -2.00. The van der Waals surface area contributed by atoms with Crippen LogP contribution in [0.1, 0.15) is 13.3 Å². The third kappa shape index (κ3) is 6.50. The highest BCUT2D eigenvalue weighted by atomic mass is 16.5. The van der Waals surface area contributed by atoms with Gasteiger partial charge in [-0.05, 0) is 6.92 Å². The molecule has 0 aliphatic rings. The quantitative estimate of drug-likeness (QED) is 0.187. The van der Waals surface area contributed by atoms with Crippen LogP contribution in [0.25, 0.3) is 0 Å². The molecule has 0 unspecified atom stereocenters. The van der Waals surface area contributed by atoms with Crippen LogP contribution in [0.2, 0.25) is 0 Å². The normalized spacial score (nSPS) is 8.45. The summed E-state index contributed by atoms with van der Waals surface area (Å²) in [5, 5.41) is 2.12. The minimum absolute atomic E-state index is 0.185. The molecule has 1 amide bonds. The van der Waals surface area contributed by atoms with E-state index in [0.717, 1.165) is 0 Å². The molecule has 62 valence electrons. The molecule has 0 aliphatic heterocycles. The molecule has 1 N–H and O–H groups in total. The second-order valence-electron chi connectivity index (χ2n) is 1.86. The molecule has 0 saturated carbocycles. The summed E-state index contributed by atoms with van der Waals surface area (Å²) in [6, 6.07) is 0. The van der Waals surface area contributed by atoms with Gasteiger partial charge in [-0.15, -0.1) is 0 Å². The Morgan fingerprint density at radius 3 is 2.64 bits per heavy atom. The molecular formula is C6H9NO4. The van der Waals surface area contributed by atoms with Crippen molar-refractivity contribution in [3.05, 3.63) is 0 Å². The average Bonchev–Trinajstić information content (AvgIpc) is 1.86. The number of carbonyl (C=O) groups is 3. The zero-order valence-electron chi connectivity index (χ0n) is 6.12. The summed E-state index contributed by atoms with van der Waals surface area (Å²) in [7, 11) is 0. The molecule has 0 aromatic rings. The van der Waals surface area contributed by atoms with Crippen molar-refractivity contribution in [2.45, 2.75) is 13.3 Å². The van der Waals surface area contributed by atoms with Gasteiger partial charge in [0.2, 0.25) is 6.41 Å². The van der Waals surface area contributed by atoms with Crippen LogP contribution in [0.3, 0.4) is 0 Å². The topological polar surface area (TPSA) is 72.5 Å². The fourth-order valence-electron chi connectivity index (χ4n) is 0.410. The Kier molecular flexibility index (Phi) is 4.72. The summed E-state index contributed by atoms with van der Waals surface area (Å²) in [5.74, 6) is -0.895. The Bertz CT molecular complexity index is 166. The van der Waals surface area contributed by atoms with E-state index < -0.39 is 5.97 Å². The third-order valence-corrected chi connectivity index (χ3v) is 0.793. The number of Topliss-reactive ketones (excluding diaryl/α,β-unsaturated/α-hetero) is 1. The predicted molar refractivity (Wildman–Crippen MR) is 35.5 cm³/mol. The highest BCUT2D eigenvalue weighted by Crippen LogP contribution is 1.85. The summed E-state index contributed by atoms with van der Waals surface area (Å²) in [5.41, 5.74) is 0. The first-order valence-corrected chi connectivity index (χ1v) is 2.99. The standard InChI is InChI=1S/C6H9NO4/c1-5(9)2-6(10)11-4-7-3-8/h3H,2,4H2,1H3,(H,7,8). The third-order valence-electron chi connectivity index (χ3n) is 0.793. The van der Waals surface area contributed by atoms with Crippen molar-refractivity contribution < 1.29 is 19.1 Å². The van der Waals surface area contributed by atoms with E-state index in [9.17, 15) is 14.4 Å². The largest absolute Gasteiger partial charge is 0.444 e. The van der Waals surface area contributed by atoms with Crippen LogP contribution < -0.4 is 5.32 Å². The smallest absolute Gasteiger partial charge is 0.315 e. The van der Waals surface area contributed by atoms with Crippen LogP contribution >= 0.6 is 0 Å². The highest BCUT2D eigenvalue weighted by molar-refractivity contribution is 5.94. The van der Waals surface area contributed by atoms with Crippen LogP contribution in [0.15, 0.2) is 0 Å². The molecule has 0 aromatic heterocycles. The molecule has 5 heteroatoms. The first-order chi connectivity index (χ1) is 5.16. The number of ketones is 1. The van der Waals surface area contributed by atoms with Gasteiger partial charge >= 0.3 is 5.97 Å². The van der Waals surface area contributed by atoms with Crippen LogP contribution in [-0.2, 0) is 19.1 Å². The maximum absolute atomic E-state index is 10.5. The van der Waals surface area contributed by atoms with Gasteiger partial charge in [0.05, 0.1) is 0 Å². The molecule has 0 atom stereocenters. The number of hydrogen-bond donors (Lipinski definition) is 1. The van der Waals surface area contributed by atoms with Crippen LogP contribution in [0.5, 0.6) is 0 Å². The highest BCUT2D eigenvalue weighted by Gasteiger charge is 2.04. The molecule has 0 radical (unpaired) electrons. The van der Waals surface area contributed by atoms with Gasteiger partial charge in [-0.25, -0.2) is 0 Å². The Hall–Kier alpha value is -1.39. The second kappa shape index (κ2) is 5.40. The van der Waals surface area contributed by atoms with Gasteiger partial charge in [0.1, 0.15) is 12.2 Å². The molecule has 0 bridgehead atoms. The lowest BCUT2D eigenvalue weighted by molar-refractivity contribution is -0.146. The summed E-state index contributed by atoms with van der Waals surface area (Å²) in [6.45, 7) is 1.10. The van der Waals surface area contributed by atoms with E-state index in [1.165, 1.54) is 6.92 Å². The number of rotatable bonds is 5. The van der Waals surface area contributed by atoms with Crippen molar-refractivity contribution in [1.82, 2.24) is 5.32 Å². The first-order valence-electron chi connectivity index (χ1n) is 2.99. The molecule has 0 aromatic carbocycles. The summed E-state index contributed by atoms with van der Waals surface area (Å²) < 4.78 is 4.39. The zero-order valence-corrected chi connectivity index (χ0v) is 6.12. The fraction of sp³-hybridized carbons (Fsp3) is 0.500. The van der Waals surface area contributed by atoms with Gasteiger partial charge in [0, 0.05) is 0 Å². The number of ether oxygens (including phenoxy) is 1. The van der Waals surface area contributed by atoms with Crippen molar-refractivity contribution in [2.75, 3.05) is 6.73 Å². The summed E-state index contributed by atoms with van der Waals surface area (Å²) in [6.07, 6.45) is 0.154. The number of carbonyl (C=O) groups excluding carboxylic acids is 3.